The number of sulfonamides is 1. The number of benzene rings is 4. The number of amides is 2. The van der Waals surface area contributed by atoms with Gasteiger partial charge < -0.3 is 15.5 Å². The number of nitrogens with zero attached hydrogens (tertiary/aromatic N) is 2. The number of piperidine rings is 1. The van der Waals surface area contributed by atoms with Gasteiger partial charge in [-0.2, -0.15) is 0 Å². The number of nitrogens with one attached hydrogen (secondary N) is 3. The molecule has 0 aromatic heterocycles. The topological polar surface area (TPSA) is 111 Å². The summed E-state index contributed by atoms with van der Waals surface area (Å²) in [5.41, 5.74) is 4.51. The summed E-state index contributed by atoms with van der Waals surface area (Å²) in [4.78, 5) is 30.3. The molecular weight excluding hydrogens is 586 g/mol. The second-order valence-corrected chi connectivity index (χ2v) is 12.9. The molecular formula is C35H35N5O4S. The van der Waals surface area contributed by atoms with Crippen molar-refractivity contribution in [1.82, 2.24) is 4.90 Å². The Kier molecular flexibility index (Phi) is 8.68. The highest BCUT2D eigenvalue weighted by atomic mass is 32.2. The summed E-state index contributed by atoms with van der Waals surface area (Å²) >= 11 is 0. The van der Waals surface area contributed by atoms with Crippen LogP contribution in [-0.2, 0) is 19.6 Å². The van der Waals surface area contributed by atoms with Crippen molar-refractivity contribution >= 4 is 55.9 Å². The first-order valence-corrected chi connectivity index (χ1v) is 16.5. The summed E-state index contributed by atoms with van der Waals surface area (Å²) < 4.78 is 29.2. The van der Waals surface area contributed by atoms with E-state index in [0.717, 1.165) is 37.2 Å². The molecule has 45 heavy (non-hydrogen) atoms. The van der Waals surface area contributed by atoms with Crippen LogP contribution in [0.15, 0.2) is 108 Å². The summed E-state index contributed by atoms with van der Waals surface area (Å²) in [6.45, 7) is 2.30. The zero-order chi connectivity index (χ0) is 31.4. The van der Waals surface area contributed by atoms with Gasteiger partial charge in [-0.15, -0.1) is 0 Å². The molecule has 0 saturated carbocycles. The molecule has 10 heteroatoms. The lowest BCUT2D eigenvalue weighted by Crippen LogP contribution is -2.40. The van der Waals surface area contributed by atoms with E-state index in [0.29, 0.717) is 40.4 Å². The van der Waals surface area contributed by atoms with Gasteiger partial charge in [-0.05, 0) is 86.1 Å². The molecule has 6 rings (SSSR count). The average Bonchev–Trinajstić information content (AvgIpc) is 3.39. The fourth-order valence-corrected chi connectivity index (χ4v) is 6.72. The first kappa shape index (κ1) is 30.1. The Morgan fingerprint density at radius 1 is 0.844 bits per heavy atom. The van der Waals surface area contributed by atoms with E-state index in [1.54, 1.807) is 42.3 Å². The standard InChI is InChI=1S/C35H35N5O4S/c1-39(32(41)24-40-21-9-4-10-22-40)28-17-15-26(16-18-28)36-34(25-11-5-2-6-12-25)33-30-23-29(19-20-31(30)37-35(33)42)45(43,44)38-27-13-7-3-8-14-27/h2-3,5-8,11-20,23,36,38H,4,9-10,21-22,24H2,1H3,(H,37,42). The number of anilines is 4. The maximum absolute atomic E-state index is 13.4. The molecule has 2 aliphatic rings. The molecule has 9 nitrogen and oxygen atoms in total. The Hall–Kier alpha value is -4.93. The molecule has 4 aromatic rings. The van der Waals surface area contributed by atoms with Gasteiger partial charge in [0.1, 0.15) is 0 Å². The fraction of sp³-hybridized carbons (Fsp3) is 0.200. The SMILES string of the molecule is CN(C(=O)CN1CCCCC1)c1ccc(NC(=C2C(=O)Nc3ccc(S(=O)(=O)Nc4ccccc4)cc32)c2ccccc2)cc1. The maximum Gasteiger partial charge on any atom is 0.261 e. The predicted molar refractivity (Wildman–Crippen MR) is 179 cm³/mol. The van der Waals surface area contributed by atoms with Gasteiger partial charge in [0.15, 0.2) is 0 Å². The van der Waals surface area contributed by atoms with E-state index < -0.39 is 10.0 Å². The normalized spacial score (nSPS) is 16.0. The van der Waals surface area contributed by atoms with Crippen molar-refractivity contribution in [1.29, 1.82) is 0 Å². The Morgan fingerprint density at radius 2 is 1.51 bits per heavy atom. The lowest BCUT2D eigenvalue weighted by atomic mass is 10.00. The Labute approximate surface area is 263 Å². The van der Waals surface area contributed by atoms with Gasteiger partial charge in [0.2, 0.25) is 5.91 Å². The van der Waals surface area contributed by atoms with Crippen LogP contribution < -0.4 is 20.3 Å². The first-order valence-electron chi connectivity index (χ1n) is 15.0. The second-order valence-electron chi connectivity index (χ2n) is 11.2. The Bertz CT molecular complexity index is 1840. The van der Waals surface area contributed by atoms with E-state index in [1.165, 1.54) is 18.6 Å². The van der Waals surface area contributed by atoms with E-state index >= 15 is 0 Å². The van der Waals surface area contributed by atoms with Gasteiger partial charge in [0.25, 0.3) is 15.9 Å². The van der Waals surface area contributed by atoms with Gasteiger partial charge in [-0.1, -0.05) is 55.0 Å². The summed E-state index contributed by atoms with van der Waals surface area (Å²) in [5, 5.41) is 6.29. The van der Waals surface area contributed by atoms with Crippen molar-refractivity contribution < 1.29 is 18.0 Å². The second kappa shape index (κ2) is 13.0. The molecule has 1 fully saturated rings. The van der Waals surface area contributed by atoms with Gasteiger partial charge in [-0.25, -0.2) is 8.42 Å². The Balaban J connectivity index is 1.31. The number of hydrogen-bond acceptors (Lipinski definition) is 6. The third-order valence-corrected chi connectivity index (χ3v) is 9.47. The number of carbonyl (C=O) groups is 2. The number of fused-ring (bicyclic) bond motifs is 1. The lowest BCUT2D eigenvalue weighted by molar-refractivity contribution is -0.119. The number of likely N-dealkylation sites (tertiary alicyclic amines) is 1. The molecule has 0 spiro atoms. The largest absolute Gasteiger partial charge is 0.354 e. The molecule has 3 N–H and O–H groups in total. The van der Waals surface area contributed by atoms with Crippen LogP contribution in [0.2, 0.25) is 0 Å². The predicted octanol–water partition coefficient (Wildman–Crippen LogP) is 5.87. The third kappa shape index (κ3) is 6.77. The van der Waals surface area contributed by atoms with Crippen LogP contribution in [0.5, 0.6) is 0 Å². The number of hydrogen-bond donors (Lipinski definition) is 3. The summed E-state index contributed by atoms with van der Waals surface area (Å²) in [5.74, 6) is -0.307. The molecule has 2 heterocycles. The van der Waals surface area contributed by atoms with Crippen LogP contribution >= 0.6 is 0 Å². The zero-order valence-electron chi connectivity index (χ0n) is 25.0. The number of carbonyl (C=O) groups excluding carboxylic acids is 2. The zero-order valence-corrected chi connectivity index (χ0v) is 25.8. The van der Waals surface area contributed by atoms with Crippen LogP contribution in [0.1, 0.15) is 30.4 Å². The molecule has 0 atom stereocenters. The van der Waals surface area contributed by atoms with E-state index in [9.17, 15) is 18.0 Å². The smallest absolute Gasteiger partial charge is 0.261 e. The quantitative estimate of drug-likeness (QED) is 0.202. The first-order chi connectivity index (χ1) is 21.8. The molecule has 2 amide bonds. The van der Waals surface area contributed by atoms with E-state index in [4.69, 9.17) is 0 Å². The van der Waals surface area contributed by atoms with Crippen LogP contribution in [0, 0.1) is 0 Å². The van der Waals surface area contributed by atoms with E-state index in [2.05, 4.69) is 20.3 Å². The number of likely N-dealkylation sites (N-methyl/N-ethyl adjacent to an activating group) is 1. The monoisotopic (exact) mass is 621 g/mol. The molecule has 0 aliphatic carbocycles. The molecule has 0 radical (unpaired) electrons. The fourth-order valence-electron chi connectivity index (χ4n) is 5.64. The van der Waals surface area contributed by atoms with Gasteiger partial charge >= 0.3 is 0 Å². The lowest BCUT2D eigenvalue weighted by Gasteiger charge is -2.28. The maximum atomic E-state index is 13.4. The molecule has 4 aromatic carbocycles. The highest BCUT2D eigenvalue weighted by Crippen LogP contribution is 2.39. The van der Waals surface area contributed by atoms with Crippen LogP contribution in [0.4, 0.5) is 22.7 Å². The summed E-state index contributed by atoms with van der Waals surface area (Å²) in [6, 6.07) is 30.1. The van der Waals surface area contributed by atoms with E-state index in [1.807, 2.05) is 60.7 Å². The van der Waals surface area contributed by atoms with Crippen LogP contribution in [0.3, 0.4) is 0 Å². The van der Waals surface area contributed by atoms with Gasteiger partial charge in [-0.3, -0.25) is 19.2 Å². The number of rotatable bonds is 9. The molecule has 0 bridgehead atoms. The van der Waals surface area contributed by atoms with E-state index in [-0.39, 0.29) is 16.7 Å². The van der Waals surface area contributed by atoms with Crippen LogP contribution in [-0.4, -0.2) is 51.8 Å². The highest BCUT2D eigenvalue weighted by molar-refractivity contribution is 7.92. The third-order valence-electron chi connectivity index (χ3n) is 8.09. The van der Waals surface area contributed by atoms with Gasteiger partial charge in [0.05, 0.1) is 22.7 Å². The van der Waals surface area contributed by atoms with Crippen LogP contribution in [0.25, 0.3) is 11.3 Å². The minimum absolute atomic E-state index is 0.0353. The van der Waals surface area contributed by atoms with Crippen molar-refractivity contribution in [3.8, 4) is 0 Å². The molecule has 230 valence electrons. The van der Waals surface area contributed by atoms with Crippen molar-refractivity contribution in [3.63, 3.8) is 0 Å². The molecule has 0 unspecified atom stereocenters. The number of para-hydroxylation sites is 1. The molecule has 1 saturated heterocycles. The molecule has 2 aliphatic heterocycles. The summed E-state index contributed by atoms with van der Waals surface area (Å²) in [7, 11) is -2.14. The van der Waals surface area contributed by atoms with Crippen molar-refractivity contribution in [2.75, 3.05) is 46.9 Å². The minimum Gasteiger partial charge on any atom is -0.354 e. The van der Waals surface area contributed by atoms with Crippen molar-refractivity contribution in [2.24, 2.45) is 0 Å². The highest BCUT2D eigenvalue weighted by Gasteiger charge is 2.30. The van der Waals surface area contributed by atoms with Crippen molar-refractivity contribution in [3.05, 3.63) is 114 Å². The minimum atomic E-state index is -3.92. The summed E-state index contributed by atoms with van der Waals surface area (Å²) in [6.07, 6.45) is 3.47. The van der Waals surface area contributed by atoms with Crippen molar-refractivity contribution in [2.45, 2.75) is 24.2 Å². The Morgan fingerprint density at radius 3 is 2.20 bits per heavy atom. The van der Waals surface area contributed by atoms with Gasteiger partial charge in [0, 0.05) is 35.4 Å². The average molecular weight is 622 g/mol.